The number of carbonyl (C=O) groups excluding carboxylic acids is 3. The highest BCUT2D eigenvalue weighted by Crippen LogP contribution is 2.30. The Kier molecular flexibility index (Phi) is 10.3. The zero-order chi connectivity index (χ0) is 25.1. The molecule has 1 aromatic carbocycles. The molecule has 2 atom stereocenters. The summed E-state index contributed by atoms with van der Waals surface area (Å²) in [7, 11) is 1.39. The van der Waals surface area contributed by atoms with Crippen molar-refractivity contribution in [2.24, 2.45) is 0 Å². The van der Waals surface area contributed by atoms with E-state index >= 15 is 0 Å². The van der Waals surface area contributed by atoms with Gasteiger partial charge in [0.2, 0.25) is 5.75 Å². The first-order chi connectivity index (χ1) is 16.2. The van der Waals surface area contributed by atoms with Gasteiger partial charge in [-0.25, -0.2) is 14.2 Å². The molecule has 1 aliphatic rings. The van der Waals surface area contributed by atoms with E-state index in [4.69, 9.17) is 19.3 Å². The first kappa shape index (κ1) is 26.6. The van der Waals surface area contributed by atoms with Gasteiger partial charge in [0, 0.05) is 19.2 Å². The summed E-state index contributed by atoms with van der Waals surface area (Å²) in [5.41, 5.74) is -0.125. The minimum absolute atomic E-state index is 0.0789. The molecule has 9 nitrogen and oxygen atoms in total. The number of nitrogens with one attached hydrogen (secondary N) is 1. The molecule has 0 radical (unpaired) electrons. The predicted octanol–water partition coefficient (Wildman–Crippen LogP) is 3.54. The molecule has 0 bridgehead atoms. The van der Waals surface area contributed by atoms with E-state index in [9.17, 15) is 18.8 Å². The molecule has 2 N–H and O–H groups in total. The maximum atomic E-state index is 12.7. The topological polar surface area (TPSA) is 124 Å². The highest BCUT2D eigenvalue weighted by Gasteiger charge is 2.28. The molecule has 1 saturated heterocycles. The number of aromatic hydroxyl groups is 1. The minimum atomic E-state index is -0.777. The highest BCUT2D eigenvalue weighted by molar-refractivity contribution is 5.98. The number of hydrogen-bond acceptors (Lipinski definition) is 8. The van der Waals surface area contributed by atoms with Crippen LogP contribution in [0.25, 0.3) is 0 Å². The normalized spacial score (nSPS) is 18.1. The minimum Gasteiger partial charge on any atom is -0.508 e. The summed E-state index contributed by atoms with van der Waals surface area (Å²) in [5, 5.41) is 11.2. The number of aromatic nitrogens is 1. The van der Waals surface area contributed by atoms with Crippen molar-refractivity contribution in [3.05, 3.63) is 48.0 Å². The van der Waals surface area contributed by atoms with Gasteiger partial charge in [-0.05, 0) is 50.5 Å². The number of esters is 2. The quantitative estimate of drug-likeness (QED) is 0.642. The zero-order valence-electron chi connectivity index (χ0n) is 19.4. The van der Waals surface area contributed by atoms with E-state index in [1.54, 1.807) is 0 Å². The van der Waals surface area contributed by atoms with E-state index in [0.717, 1.165) is 25.7 Å². The lowest BCUT2D eigenvalue weighted by molar-refractivity contribution is -0.150. The molecule has 34 heavy (non-hydrogen) atoms. The van der Waals surface area contributed by atoms with Gasteiger partial charge in [0.05, 0.1) is 13.2 Å². The molecule has 184 valence electrons. The van der Waals surface area contributed by atoms with E-state index in [1.165, 1.54) is 50.6 Å². The molecule has 2 aromatic rings. The summed E-state index contributed by atoms with van der Waals surface area (Å²) >= 11 is 0. The number of ether oxygens (including phenoxy) is 3. The summed E-state index contributed by atoms with van der Waals surface area (Å²) in [5.74, 6) is -1.83. The largest absolute Gasteiger partial charge is 0.508 e. The second-order valence-corrected chi connectivity index (χ2v) is 7.67. The average molecular weight is 477 g/mol. The number of nitrogens with zero attached hydrogens (tertiary/aromatic N) is 1. The Labute approximate surface area is 197 Å². The van der Waals surface area contributed by atoms with Gasteiger partial charge >= 0.3 is 11.9 Å². The summed E-state index contributed by atoms with van der Waals surface area (Å²) < 4.78 is 27.6. The number of methoxy groups -OCH3 is 1. The van der Waals surface area contributed by atoms with Gasteiger partial charge in [-0.2, -0.15) is 0 Å². The van der Waals surface area contributed by atoms with Crippen LogP contribution in [0.1, 0.15) is 56.4 Å². The van der Waals surface area contributed by atoms with E-state index in [2.05, 4.69) is 10.3 Å². The zero-order valence-corrected chi connectivity index (χ0v) is 19.4. The van der Waals surface area contributed by atoms with Gasteiger partial charge in [-0.3, -0.25) is 9.59 Å². The van der Waals surface area contributed by atoms with Gasteiger partial charge in [0.1, 0.15) is 17.6 Å². The number of rotatable bonds is 4. The summed E-state index contributed by atoms with van der Waals surface area (Å²) in [6.07, 6.45) is 5.20. The number of pyridine rings is 1. The van der Waals surface area contributed by atoms with Crippen LogP contribution in [-0.4, -0.2) is 47.2 Å². The molecule has 1 aliphatic heterocycles. The number of hydrogen-bond donors (Lipinski definition) is 2. The van der Waals surface area contributed by atoms with Crippen molar-refractivity contribution >= 4 is 17.8 Å². The standard InChI is InChI=1S/C18H24N2O6.C6H5FO/c1-11-7-5-4-6-8-13(18(23)25-11)20-17(22)15-16(26-12(2)21)14(24-3)9-10-19-15;7-5-1-3-6(8)4-2-5/h9-11,13H,4-8H2,1-3H3,(H,20,22);1-4,8H/t11?,13-;/m0./s1. The van der Waals surface area contributed by atoms with Gasteiger partial charge in [-0.1, -0.05) is 12.8 Å². The molecule has 0 saturated carbocycles. The third kappa shape index (κ3) is 8.34. The Morgan fingerprint density at radius 3 is 2.44 bits per heavy atom. The average Bonchev–Trinajstić information content (AvgIpc) is 2.86. The fourth-order valence-corrected chi connectivity index (χ4v) is 3.21. The van der Waals surface area contributed by atoms with Crippen LogP contribution in [0.3, 0.4) is 0 Å². The maximum Gasteiger partial charge on any atom is 0.328 e. The van der Waals surface area contributed by atoms with Crippen LogP contribution in [0.4, 0.5) is 4.39 Å². The van der Waals surface area contributed by atoms with Crippen molar-refractivity contribution in [3.63, 3.8) is 0 Å². The van der Waals surface area contributed by atoms with Crippen molar-refractivity contribution in [1.29, 1.82) is 0 Å². The van der Waals surface area contributed by atoms with Crippen molar-refractivity contribution in [2.75, 3.05) is 7.11 Å². The first-order valence-electron chi connectivity index (χ1n) is 10.9. The Bertz CT molecular complexity index is 961. The van der Waals surface area contributed by atoms with Crippen LogP contribution in [0.15, 0.2) is 36.5 Å². The lowest BCUT2D eigenvalue weighted by atomic mass is 10.1. The van der Waals surface area contributed by atoms with Gasteiger partial charge in [0.25, 0.3) is 5.91 Å². The van der Waals surface area contributed by atoms with Crippen LogP contribution in [0.2, 0.25) is 0 Å². The molecule has 1 aromatic heterocycles. The number of halogens is 1. The van der Waals surface area contributed by atoms with Crippen LogP contribution < -0.4 is 14.8 Å². The Morgan fingerprint density at radius 2 is 1.82 bits per heavy atom. The van der Waals surface area contributed by atoms with Crippen LogP contribution in [-0.2, 0) is 14.3 Å². The van der Waals surface area contributed by atoms with Crippen molar-refractivity contribution in [3.8, 4) is 17.2 Å². The highest BCUT2D eigenvalue weighted by atomic mass is 19.1. The van der Waals surface area contributed by atoms with Gasteiger partial charge in [0.15, 0.2) is 11.4 Å². The number of carbonyl (C=O) groups is 3. The van der Waals surface area contributed by atoms with E-state index in [1.807, 2.05) is 6.92 Å². The van der Waals surface area contributed by atoms with E-state index < -0.39 is 23.9 Å². The van der Waals surface area contributed by atoms with Gasteiger partial charge < -0.3 is 24.6 Å². The molecule has 3 rings (SSSR count). The van der Waals surface area contributed by atoms with E-state index in [0.29, 0.717) is 6.42 Å². The fourth-order valence-electron chi connectivity index (χ4n) is 3.21. The molecule has 1 fully saturated rings. The van der Waals surface area contributed by atoms with E-state index in [-0.39, 0.29) is 34.9 Å². The lowest BCUT2D eigenvalue weighted by Gasteiger charge is -2.19. The first-order valence-corrected chi connectivity index (χ1v) is 10.9. The molecule has 0 spiro atoms. The Balaban J connectivity index is 0.000000430. The Morgan fingerprint density at radius 1 is 1.15 bits per heavy atom. The predicted molar refractivity (Wildman–Crippen MR) is 120 cm³/mol. The molecular weight excluding hydrogens is 447 g/mol. The maximum absolute atomic E-state index is 12.7. The lowest BCUT2D eigenvalue weighted by Crippen LogP contribution is -2.43. The molecule has 1 unspecified atom stereocenters. The number of phenolic OH excluding ortho intramolecular Hbond substituents is 1. The SMILES string of the molecule is COc1ccnc(C(=O)N[C@H]2CCCCCC(C)OC2=O)c1OC(C)=O.Oc1ccc(F)cc1. The smallest absolute Gasteiger partial charge is 0.328 e. The summed E-state index contributed by atoms with van der Waals surface area (Å²) in [4.78, 5) is 40.3. The molecule has 1 amide bonds. The number of cyclic esters (lactones) is 1. The van der Waals surface area contributed by atoms with Crippen LogP contribution in [0, 0.1) is 5.82 Å². The number of phenols is 1. The van der Waals surface area contributed by atoms with Crippen molar-refractivity contribution in [1.82, 2.24) is 10.3 Å². The fraction of sp³-hybridized carbons (Fsp3) is 0.417. The third-order valence-electron chi connectivity index (χ3n) is 4.89. The second-order valence-electron chi connectivity index (χ2n) is 7.67. The molecule has 10 heteroatoms. The number of benzene rings is 1. The Hall–Kier alpha value is -3.69. The van der Waals surface area contributed by atoms with Gasteiger partial charge in [-0.15, -0.1) is 0 Å². The summed E-state index contributed by atoms with van der Waals surface area (Å²) in [6, 6.07) is 5.71. The van der Waals surface area contributed by atoms with Crippen molar-refractivity contribution in [2.45, 2.75) is 58.1 Å². The molecule has 2 heterocycles. The summed E-state index contributed by atoms with van der Waals surface area (Å²) in [6.45, 7) is 3.05. The molecule has 0 aliphatic carbocycles. The molecular formula is C24H29FN2O7. The second kappa shape index (κ2) is 13.1. The van der Waals surface area contributed by atoms with Crippen LogP contribution in [0.5, 0.6) is 17.2 Å². The van der Waals surface area contributed by atoms with Crippen molar-refractivity contribution < 1.29 is 38.1 Å². The van der Waals surface area contributed by atoms with Crippen LogP contribution >= 0.6 is 0 Å². The third-order valence-corrected chi connectivity index (χ3v) is 4.89. The monoisotopic (exact) mass is 476 g/mol. The number of amides is 1.